The number of fused-ring (bicyclic) bond motifs is 1. The maximum absolute atomic E-state index is 5.71. The van der Waals surface area contributed by atoms with Crippen molar-refractivity contribution in [3.63, 3.8) is 0 Å². The highest BCUT2D eigenvalue weighted by Crippen LogP contribution is 2.34. The Morgan fingerprint density at radius 2 is 1.92 bits per heavy atom. The topological polar surface area (TPSA) is 53.5 Å². The Morgan fingerprint density at radius 1 is 1.08 bits per heavy atom. The second-order valence-electron chi connectivity index (χ2n) is 5.05. The summed E-state index contributed by atoms with van der Waals surface area (Å²) >= 11 is 0. The number of aromatic nitrogens is 2. The third-order valence-corrected chi connectivity index (χ3v) is 3.58. The molecule has 1 aromatic carbocycles. The van der Waals surface area contributed by atoms with Gasteiger partial charge in [-0.25, -0.2) is 4.98 Å². The van der Waals surface area contributed by atoms with Gasteiger partial charge in [0.05, 0.1) is 30.8 Å². The molecule has 0 radical (unpaired) electrons. The van der Waals surface area contributed by atoms with Crippen molar-refractivity contribution in [1.29, 1.82) is 0 Å². The zero-order valence-corrected chi connectivity index (χ0v) is 13.7. The minimum absolute atomic E-state index is 0.381. The van der Waals surface area contributed by atoms with E-state index in [1.807, 2.05) is 36.4 Å². The van der Waals surface area contributed by atoms with Crippen LogP contribution in [-0.2, 0) is 0 Å². The summed E-state index contributed by atoms with van der Waals surface area (Å²) in [5.41, 5.74) is 2.46. The third-order valence-electron chi connectivity index (χ3n) is 3.58. The van der Waals surface area contributed by atoms with Gasteiger partial charge in [-0.05, 0) is 36.4 Å². The second kappa shape index (κ2) is 7.00. The van der Waals surface area contributed by atoms with Crippen LogP contribution in [0.5, 0.6) is 17.4 Å². The average molecular weight is 322 g/mol. The van der Waals surface area contributed by atoms with Gasteiger partial charge in [0.1, 0.15) is 6.61 Å². The number of benzene rings is 1. The molecule has 0 fully saturated rings. The number of rotatable bonds is 6. The lowest BCUT2D eigenvalue weighted by Gasteiger charge is -2.12. The molecule has 0 bridgehead atoms. The van der Waals surface area contributed by atoms with E-state index in [0.29, 0.717) is 24.0 Å². The highest BCUT2D eigenvalue weighted by molar-refractivity contribution is 5.87. The molecule has 24 heavy (non-hydrogen) atoms. The van der Waals surface area contributed by atoms with E-state index in [1.54, 1.807) is 26.5 Å². The van der Waals surface area contributed by atoms with Crippen molar-refractivity contribution in [2.24, 2.45) is 0 Å². The average Bonchev–Trinajstić information content (AvgIpc) is 2.65. The van der Waals surface area contributed by atoms with Crippen molar-refractivity contribution in [2.45, 2.75) is 0 Å². The SMILES string of the molecule is C=CCOc1nc(-c2ccc(OC)c(OC)c2)cc2ncccc12. The molecule has 0 N–H and O–H groups in total. The van der Waals surface area contributed by atoms with Gasteiger partial charge in [0.2, 0.25) is 5.88 Å². The van der Waals surface area contributed by atoms with E-state index in [2.05, 4.69) is 16.5 Å². The zero-order valence-electron chi connectivity index (χ0n) is 13.7. The van der Waals surface area contributed by atoms with Crippen LogP contribution in [0.15, 0.2) is 55.3 Å². The summed E-state index contributed by atoms with van der Waals surface area (Å²) in [7, 11) is 3.21. The molecule has 0 saturated carbocycles. The van der Waals surface area contributed by atoms with Gasteiger partial charge in [0.15, 0.2) is 11.5 Å². The lowest BCUT2D eigenvalue weighted by atomic mass is 10.1. The van der Waals surface area contributed by atoms with Crippen molar-refractivity contribution in [2.75, 3.05) is 20.8 Å². The van der Waals surface area contributed by atoms with E-state index in [-0.39, 0.29) is 0 Å². The van der Waals surface area contributed by atoms with Crippen molar-refractivity contribution in [1.82, 2.24) is 9.97 Å². The van der Waals surface area contributed by atoms with Crippen LogP contribution < -0.4 is 14.2 Å². The number of pyridine rings is 2. The molecule has 5 nitrogen and oxygen atoms in total. The molecule has 5 heteroatoms. The normalized spacial score (nSPS) is 10.4. The Balaban J connectivity index is 2.14. The molecule has 0 spiro atoms. The first-order valence-corrected chi connectivity index (χ1v) is 7.48. The van der Waals surface area contributed by atoms with E-state index in [0.717, 1.165) is 22.2 Å². The van der Waals surface area contributed by atoms with Gasteiger partial charge >= 0.3 is 0 Å². The molecule has 0 aliphatic heterocycles. The first kappa shape index (κ1) is 15.8. The molecule has 0 amide bonds. The van der Waals surface area contributed by atoms with Gasteiger partial charge in [0.25, 0.3) is 0 Å². The highest BCUT2D eigenvalue weighted by atomic mass is 16.5. The summed E-state index contributed by atoms with van der Waals surface area (Å²) in [6.45, 7) is 4.06. The first-order chi connectivity index (χ1) is 11.8. The monoisotopic (exact) mass is 322 g/mol. The highest BCUT2D eigenvalue weighted by Gasteiger charge is 2.12. The summed E-state index contributed by atoms with van der Waals surface area (Å²) < 4.78 is 16.4. The minimum atomic E-state index is 0.381. The van der Waals surface area contributed by atoms with Crippen molar-refractivity contribution >= 4 is 10.9 Å². The molecular formula is C19H18N2O3. The molecule has 0 unspecified atom stereocenters. The molecule has 2 heterocycles. The van der Waals surface area contributed by atoms with Gasteiger partial charge in [-0.1, -0.05) is 12.7 Å². The molecular weight excluding hydrogens is 304 g/mol. The molecule has 3 aromatic rings. The van der Waals surface area contributed by atoms with E-state index >= 15 is 0 Å². The molecule has 122 valence electrons. The van der Waals surface area contributed by atoms with Crippen LogP contribution in [0.1, 0.15) is 0 Å². The van der Waals surface area contributed by atoms with Crippen LogP contribution >= 0.6 is 0 Å². The Labute approximate surface area is 140 Å². The van der Waals surface area contributed by atoms with Gasteiger partial charge < -0.3 is 14.2 Å². The smallest absolute Gasteiger partial charge is 0.223 e. The Kier molecular flexibility index (Phi) is 4.61. The maximum atomic E-state index is 5.71. The summed E-state index contributed by atoms with van der Waals surface area (Å²) in [6, 6.07) is 11.4. The summed E-state index contributed by atoms with van der Waals surface area (Å²) in [4.78, 5) is 9.04. The fraction of sp³-hybridized carbons (Fsp3) is 0.158. The minimum Gasteiger partial charge on any atom is -0.493 e. The molecule has 0 aliphatic carbocycles. The molecule has 0 saturated heterocycles. The maximum Gasteiger partial charge on any atom is 0.223 e. The quantitative estimate of drug-likeness (QED) is 0.645. The van der Waals surface area contributed by atoms with Crippen molar-refractivity contribution in [3.8, 4) is 28.6 Å². The lowest BCUT2D eigenvalue weighted by Crippen LogP contribution is -1.99. The largest absolute Gasteiger partial charge is 0.493 e. The van der Waals surface area contributed by atoms with Crippen LogP contribution in [0.4, 0.5) is 0 Å². The Bertz CT molecular complexity index is 878. The third kappa shape index (κ3) is 3.01. The fourth-order valence-corrected chi connectivity index (χ4v) is 2.44. The van der Waals surface area contributed by atoms with Crippen LogP contribution in [0.25, 0.3) is 22.2 Å². The van der Waals surface area contributed by atoms with Crippen LogP contribution in [0.3, 0.4) is 0 Å². The van der Waals surface area contributed by atoms with E-state index < -0.39 is 0 Å². The number of ether oxygens (including phenoxy) is 3. The van der Waals surface area contributed by atoms with Crippen LogP contribution in [0, 0.1) is 0 Å². The van der Waals surface area contributed by atoms with Gasteiger partial charge in [-0.2, -0.15) is 0 Å². The predicted octanol–water partition coefficient (Wildman–Crippen LogP) is 3.88. The first-order valence-electron chi connectivity index (χ1n) is 7.48. The molecule has 0 aliphatic rings. The predicted molar refractivity (Wildman–Crippen MR) is 93.8 cm³/mol. The van der Waals surface area contributed by atoms with Gasteiger partial charge in [-0.15, -0.1) is 0 Å². The lowest BCUT2D eigenvalue weighted by molar-refractivity contribution is 0.353. The number of hydrogen-bond acceptors (Lipinski definition) is 5. The second-order valence-corrected chi connectivity index (χ2v) is 5.05. The fourth-order valence-electron chi connectivity index (χ4n) is 2.44. The summed E-state index contributed by atoms with van der Waals surface area (Å²) in [6.07, 6.45) is 3.44. The van der Waals surface area contributed by atoms with Crippen LogP contribution in [-0.4, -0.2) is 30.8 Å². The molecule has 0 atom stereocenters. The standard InChI is InChI=1S/C19H18N2O3/c1-4-10-24-19-14-6-5-9-20-16(14)12-15(21-19)13-7-8-17(22-2)18(11-13)23-3/h4-9,11-12H,1,10H2,2-3H3. The Hall–Kier alpha value is -3.08. The van der Waals surface area contributed by atoms with E-state index in [9.17, 15) is 0 Å². The summed E-state index contributed by atoms with van der Waals surface area (Å²) in [5.74, 6) is 1.85. The summed E-state index contributed by atoms with van der Waals surface area (Å²) in [5, 5.41) is 0.864. The molecule has 2 aromatic heterocycles. The zero-order chi connectivity index (χ0) is 16.9. The number of nitrogens with zero attached hydrogens (tertiary/aromatic N) is 2. The van der Waals surface area contributed by atoms with Gasteiger partial charge in [-0.3, -0.25) is 4.98 Å². The van der Waals surface area contributed by atoms with E-state index in [4.69, 9.17) is 14.2 Å². The Morgan fingerprint density at radius 3 is 2.67 bits per heavy atom. The van der Waals surface area contributed by atoms with Gasteiger partial charge in [0, 0.05) is 11.8 Å². The van der Waals surface area contributed by atoms with Crippen molar-refractivity contribution < 1.29 is 14.2 Å². The number of methoxy groups -OCH3 is 2. The van der Waals surface area contributed by atoms with E-state index in [1.165, 1.54) is 0 Å². The van der Waals surface area contributed by atoms with Crippen molar-refractivity contribution in [3.05, 3.63) is 55.3 Å². The molecule has 3 rings (SSSR count). The number of hydrogen-bond donors (Lipinski definition) is 0. The van der Waals surface area contributed by atoms with Crippen LogP contribution in [0.2, 0.25) is 0 Å².